The molecule has 0 spiro atoms. The van der Waals surface area contributed by atoms with Gasteiger partial charge >= 0.3 is 5.97 Å². The Morgan fingerprint density at radius 3 is 2.42 bits per heavy atom. The van der Waals surface area contributed by atoms with Crippen LogP contribution < -0.4 is 5.32 Å². The van der Waals surface area contributed by atoms with Crippen molar-refractivity contribution in [3.05, 3.63) is 35.9 Å². The Bertz CT molecular complexity index is 466. The molecule has 2 rings (SSSR count). The van der Waals surface area contributed by atoms with Crippen molar-refractivity contribution in [1.29, 1.82) is 0 Å². The summed E-state index contributed by atoms with van der Waals surface area (Å²) < 4.78 is 0. The second kappa shape index (κ2) is 5.43. The fraction of sp³-hybridized carbons (Fsp3) is 0.467. The van der Waals surface area contributed by atoms with E-state index in [4.69, 9.17) is 5.11 Å². The molecule has 2 N–H and O–H groups in total. The molecule has 1 aromatic rings. The van der Waals surface area contributed by atoms with Crippen LogP contribution in [0.2, 0.25) is 0 Å². The summed E-state index contributed by atoms with van der Waals surface area (Å²) >= 11 is 0. The lowest BCUT2D eigenvalue weighted by atomic mass is 9.96. The first-order chi connectivity index (χ1) is 9.10. The van der Waals surface area contributed by atoms with Crippen LogP contribution in [0, 0.1) is 5.41 Å². The number of carbonyl (C=O) groups excluding carboxylic acids is 1. The van der Waals surface area contributed by atoms with E-state index in [1.54, 1.807) is 0 Å². The zero-order valence-corrected chi connectivity index (χ0v) is 11.1. The number of carboxylic acids is 1. The highest BCUT2D eigenvalue weighted by molar-refractivity contribution is 6.04. The Morgan fingerprint density at radius 1 is 1.32 bits per heavy atom. The predicted molar refractivity (Wildman–Crippen MR) is 71.8 cm³/mol. The molecule has 0 bridgehead atoms. The lowest BCUT2D eigenvalue weighted by molar-refractivity contribution is -0.149. The van der Waals surface area contributed by atoms with Crippen LogP contribution in [0.3, 0.4) is 0 Å². The number of carbonyl (C=O) groups is 2. The normalized spacial score (nSPS) is 17.5. The van der Waals surface area contributed by atoms with Crippen LogP contribution in [-0.4, -0.2) is 23.5 Å². The first-order valence-corrected chi connectivity index (χ1v) is 6.67. The van der Waals surface area contributed by atoms with Gasteiger partial charge in [0.1, 0.15) is 5.41 Å². The van der Waals surface area contributed by atoms with E-state index in [2.05, 4.69) is 12.2 Å². The fourth-order valence-corrected chi connectivity index (χ4v) is 2.27. The molecule has 1 fully saturated rings. The number of hydrogen-bond acceptors (Lipinski definition) is 2. The van der Waals surface area contributed by atoms with Gasteiger partial charge in [-0.2, -0.15) is 0 Å². The lowest BCUT2D eigenvalue weighted by Gasteiger charge is -2.18. The predicted octanol–water partition coefficient (Wildman–Crippen LogP) is 2.16. The molecule has 0 radical (unpaired) electrons. The van der Waals surface area contributed by atoms with Gasteiger partial charge in [0.2, 0.25) is 5.91 Å². The number of amides is 1. The average Bonchev–Trinajstić information content (AvgIpc) is 3.22. The van der Waals surface area contributed by atoms with E-state index in [0.717, 1.165) is 6.42 Å². The molecule has 0 saturated heterocycles. The summed E-state index contributed by atoms with van der Waals surface area (Å²) in [6.45, 7) is 2.56. The van der Waals surface area contributed by atoms with Gasteiger partial charge in [-0.15, -0.1) is 0 Å². The summed E-state index contributed by atoms with van der Waals surface area (Å²) in [5.41, 5.74) is 0.0279. The van der Waals surface area contributed by atoms with Crippen molar-refractivity contribution < 1.29 is 14.7 Å². The van der Waals surface area contributed by atoms with Gasteiger partial charge in [0.15, 0.2) is 0 Å². The van der Waals surface area contributed by atoms with Crippen LogP contribution in [0.5, 0.6) is 0 Å². The van der Waals surface area contributed by atoms with Crippen molar-refractivity contribution in [2.24, 2.45) is 5.41 Å². The lowest BCUT2D eigenvalue weighted by Crippen LogP contribution is -2.38. The Morgan fingerprint density at radius 2 is 1.95 bits per heavy atom. The van der Waals surface area contributed by atoms with Crippen LogP contribution in [0.1, 0.15) is 37.7 Å². The molecule has 1 aliphatic carbocycles. The molecule has 0 aromatic heterocycles. The molecule has 1 unspecified atom stereocenters. The van der Waals surface area contributed by atoms with E-state index < -0.39 is 11.4 Å². The van der Waals surface area contributed by atoms with Crippen LogP contribution >= 0.6 is 0 Å². The summed E-state index contributed by atoms with van der Waals surface area (Å²) in [5.74, 6) is -1.11. The SMILES string of the molecule is CCC(CNC(=O)C1(C(=O)O)CC1)c1ccccc1. The summed E-state index contributed by atoms with van der Waals surface area (Å²) in [6, 6.07) is 9.96. The first-order valence-electron chi connectivity index (χ1n) is 6.67. The van der Waals surface area contributed by atoms with Gasteiger partial charge in [-0.25, -0.2) is 0 Å². The van der Waals surface area contributed by atoms with Gasteiger partial charge in [-0.1, -0.05) is 37.3 Å². The van der Waals surface area contributed by atoms with Crippen molar-refractivity contribution in [3.8, 4) is 0 Å². The Labute approximate surface area is 112 Å². The molecular weight excluding hydrogens is 242 g/mol. The highest BCUT2D eigenvalue weighted by Crippen LogP contribution is 2.46. The summed E-state index contributed by atoms with van der Waals surface area (Å²) in [5, 5.41) is 11.8. The standard InChI is InChI=1S/C15H19NO3/c1-2-11(12-6-4-3-5-7-12)10-16-13(17)15(8-9-15)14(18)19/h3-7,11H,2,8-10H2,1H3,(H,16,17)(H,18,19). The summed E-state index contributed by atoms with van der Waals surface area (Å²) in [6.07, 6.45) is 1.82. The zero-order chi connectivity index (χ0) is 13.9. The quantitative estimate of drug-likeness (QED) is 0.771. The van der Waals surface area contributed by atoms with Crippen LogP contribution in [-0.2, 0) is 9.59 Å². The maximum absolute atomic E-state index is 11.9. The van der Waals surface area contributed by atoms with Gasteiger partial charge in [0, 0.05) is 12.5 Å². The maximum Gasteiger partial charge on any atom is 0.319 e. The number of hydrogen-bond donors (Lipinski definition) is 2. The topological polar surface area (TPSA) is 66.4 Å². The zero-order valence-electron chi connectivity index (χ0n) is 11.1. The highest BCUT2D eigenvalue weighted by atomic mass is 16.4. The number of aliphatic carboxylic acids is 1. The van der Waals surface area contributed by atoms with Crippen molar-refractivity contribution in [2.75, 3.05) is 6.54 Å². The number of benzene rings is 1. The van der Waals surface area contributed by atoms with E-state index in [1.165, 1.54) is 5.56 Å². The van der Waals surface area contributed by atoms with Crippen molar-refractivity contribution in [2.45, 2.75) is 32.1 Å². The van der Waals surface area contributed by atoms with Crippen molar-refractivity contribution >= 4 is 11.9 Å². The van der Waals surface area contributed by atoms with E-state index in [0.29, 0.717) is 19.4 Å². The minimum atomic E-state index is -1.14. The molecule has 4 heteroatoms. The van der Waals surface area contributed by atoms with Gasteiger partial charge in [-0.3, -0.25) is 9.59 Å². The number of carboxylic acid groups (broad SMARTS) is 1. The van der Waals surface area contributed by atoms with Gasteiger partial charge in [0.05, 0.1) is 0 Å². The molecule has 1 aromatic carbocycles. The molecule has 1 saturated carbocycles. The average molecular weight is 261 g/mol. The summed E-state index contributed by atoms with van der Waals surface area (Å²) in [4.78, 5) is 23.0. The minimum absolute atomic E-state index is 0.231. The Balaban J connectivity index is 1.94. The molecule has 1 atom stereocenters. The monoisotopic (exact) mass is 261 g/mol. The van der Waals surface area contributed by atoms with E-state index in [1.807, 2.05) is 30.3 Å². The largest absolute Gasteiger partial charge is 0.480 e. The molecular formula is C15H19NO3. The fourth-order valence-electron chi connectivity index (χ4n) is 2.27. The first kappa shape index (κ1) is 13.6. The van der Waals surface area contributed by atoms with E-state index in [9.17, 15) is 9.59 Å². The molecule has 0 aliphatic heterocycles. The van der Waals surface area contributed by atoms with Crippen molar-refractivity contribution in [1.82, 2.24) is 5.32 Å². The van der Waals surface area contributed by atoms with Crippen LogP contribution in [0.15, 0.2) is 30.3 Å². The molecule has 19 heavy (non-hydrogen) atoms. The highest BCUT2D eigenvalue weighted by Gasteiger charge is 2.56. The molecule has 0 heterocycles. The number of nitrogens with one attached hydrogen (secondary N) is 1. The van der Waals surface area contributed by atoms with Gasteiger partial charge in [0.25, 0.3) is 0 Å². The second-order valence-electron chi connectivity index (χ2n) is 5.11. The second-order valence-corrected chi connectivity index (χ2v) is 5.11. The van der Waals surface area contributed by atoms with E-state index >= 15 is 0 Å². The smallest absolute Gasteiger partial charge is 0.319 e. The molecule has 4 nitrogen and oxygen atoms in total. The third-order valence-corrected chi connectivity index (χ3v) is 3.87. The van der Waals surface area contributed by atoms with Crippen LogP contribution in [0.4, 0.5) is 0 Å². The minimum Gasteiger partial charge on any atom is -0.480 e. The van der Waals surface area contributed by atoms with E-state index in [-0.39, 0.29) is 11.8 Å². The molecule has 102 valence electrons. The third-order valence-electron chi connectivity index (χ3n) is 3.87. The Hall–Kier alpha value is -1.84. The summed E-state index contributed by atoms with van der Waals surface area (Å²) in [7, 11) is 0. The maximum atomic E-state index is 11.9. The van der Waals surface area contributed by atoms with Crippen LogP contribution in [0.25, 0.3) is 0 Å². The third kappa shape index (κ3) is 2.78. The number of rotatable bonds is 6. The van der Waals surface area contributed by atoms with Crippen molar-refractivity contribution in [3.63, 3.8) is 0 Å². The molecule has 1 amide bonds. The van der Waals surface area contributed by atoms with Gasteiger partial charge < -0.3 is 10.4 Å². The Kier molecular flexibility index (Phi) is 3.88. The van der Waals surface area contributed by atoms with Gasteiger partial charge in [-0.05, 0) is 24.8 Å². The molecule has 1 aliphatic rings.